The summed E-state index contributed by atoms with van der Waals surface area (Å²) in [5.41, 5.74) is 3.84. The first kappa shape index (κ1) is 20.4. The Balaban J connectivity index is 1.62. The predicted octanol–water partition coefficient (Wildman–Crippen LogP) is 6.94. The first-order chi connectivity index (χ1) is 15.0. The summed E-state index contributed by atoms with van der Waals surface area (Å²) in [6.07, 6.45) is 0. The summed E-state index contributed by atoms with van der Waals surface area (Å²) in [4.78, 5) is 24.2. The number of para-hydroxylation sites is 1. The molecular formula is C24H18BrN3OS2. The minimum atomic E-state index is -0.0476. The van der Waals surface area contributed by atoms with Crippen molar-refractivity contribution < 1.29 is 4.79 Å². The Labute approximate surface area is 198 Å². The highest BCUT2D eigenvalue weighted by molar-refractivity contribution is 9.10. The van der Waals surface area contributed by atoms with Crippen molar-refractivity contribution in [2.75, 3.05) is 16.8 Å². The molecule has 1 saturated heterocycles. The van der Waals surface area contributed by atoms with E-state index in [0.717, 1.165) is 37.0 Å². The summed E-state index contributed by atoms with van der Waals surface area (Å²) < 4.78 is 0.992. The molecule has 4 nitrogen and oxygen atoms in total. The molecule has 2 aliphatic rings. The van der Waals surface area contributed by atoms with Crippen molar-refractivity contribution in [1.82, 2.24) is 0 Å². The lowest BCUT2D eigenvalue weighted by Crippen LogP contribution is -2.29. The molecule has 0 aliphatic carbocycles. The highest BCUT2D eigenvalue weighted by Crippen LogP contribution is 2.50. The van der Waals surface area contributed by atoms with Crippen molar-refractivity contribution >= 4 is 67.6 Å². The zero-order chi connectivity index (χ0) is 21.5. The Hall–Kier alpha value is -2.48. The molecule has 0 N–H and O–H groups in total. The average Bonchev–Trinajstić information content (AvgIpc) is 3.26. The molecule has 7 heteroatoms. The minimum absolute atomic E-state index is 0.0476. The van der Waals surface area contributed by atoms with Crippen LogP contribution in [0.4, 0.5) is 17.1 Å². The lowest BCUT2D eigenvalue weighted by molar-refractivity contribution is -0.113. The number of nitrogens with zero attached hydrogens (tertiary/aromatic N) is 3. The lowest BCUT2D eigenvalue weighted by atomic mass is 10.2. The molecule has 3 aromatic rings. The van der Waals surface area contributed by atoms with Gasteiger partial charge in [0.05, 0.1) is 22.1 Å². The molecular weight excluding hydrogens is 490 g/mol. The van der Waals surface area contributed by atoms with Gasteiger partial charge in [-0.3, -0.25) is 9.69 Å². The van der Waals surface area contributed by atoms with E-state index in [1.807, 2.05) is 74.6 Å². The van der Waals surface area contributed by atoms with E-state index >= 15 is 0 Å². The number of amides is 1. The Morgan fingerprint density at radius 2 is 1.71 bits per heavy atom. The van der Waals surface area contributed by atoms with E-state index < -0.39 is 0 Å². The maximum absolute atomic E-state index is 13.7. The molecule has 5 rings (SSSR count). The number of anilines is 2. The fourth-order valence-electron chi connectivity index (χ4n) is 3.50. The van der Waals surface area contributed by atoms with Gasteiger partial charge in [0.2, 0.25) is 0 Å². The van der Waals surface area contributed by atoms with Gasteiger partial charge in [0, 0.05) is 16.4 Å². The van der Waals surface area contributed by atoms with Crippen LogP contribution in [0.2, 0.25) is 0 Å². The number of benzene rings is 3. The van der Waals surface area contributed by atoms with Gasteiger partial charge in [0.25, 0.3) is 5.91 Å². The van der Waals surface area contributed by atoms with Gasteiger partial charge in [-0.1, -0.05) is 52.0 Å². The van der Waals surface area contributed by atoms with E-state index in [2.05, 4.69) is 33.0 Å². The van der Waals surface area contributed by atoms with E-state index in [0.29, 0.717) is 10.1 Å². The van der Waals surface area contributed by atoms with E-state index in [4.69, 9.17) is 4.99 Å². The van der Waals surface area contributed by atoms with Crippen LogP contribution >= 0.6 is 39.5 Å². The Bertz CT molecular complexity index is 1250. The molecule has 0 radical (unpaired) electrons. The molecule has 1 fully saturated rings. The smallest absolute Gasteiger partial charge is 0.274 e. The number of hydrogen-bond donors (Lipinski definition) is 0. The number of amidine groups is 1. The minimum Gasteiger partial charge on any atom is -0.337 e. The molecule has 0 saturated carbocycles. The van der Waals surface area contributed by atoms with Crippen LogP contribution in [0.25, 0.3) is 0 Å². The van der Waals surface area contributed by atoms with Crippen LogP contribution in [0.1, 0.15) is 5.56 Å². The average molecular weight is 508 g/mol. The third-order valence-electron chi connectivity index (χ3n) is 5.03. The third kappa shape index (κ3) is 3.82. The number of carbonyl (C=O) groups is 1. The fraction of sp³-hybridized carbons (Fsp3) is 0.0833. The van der Waals surface area contributed by atoms with Gasteiger partial charge in [0.1, 0.15) is 4.91 Å². The molecule has 0 aromatic heterocycles. The van der Waals surface area contributed by atoms with Crippen LogP contribution in [0.5, 0.6) is 0 Å². The lowest BCUT2D eigenvalue weighted by Gasteiger charge is -2.17. The summed E-state index contributed by atoms with van der Waals surface area (Å²) in [6.45, 7) is 2.03. The zero-order valence-corrected chi connectivity index (χ0v) is 20.1. The van der Waals surface area contributed by atoms with Crippen LogP contribution in [0.3, 0.4) is 0 Å². The Morgan fingerprint density at radius 3 is 2.45 bits per heavy atom. The van der Waals surface area contributed by atoms with Gasteiger partial charge < -0.3 is 4.90 Å². The van der Waals surface area contributed by atoms with Crippen molar-refractivity contribution in [2.24, 2.45) is 4.99 Å². The van der Waals surface area contributed by atoms with Crippen molar-refractivity contribution in [3.05, 3.63) is 92.8 Å². The van der Waals surface area contributed by atoms with E-state index in [1.54, 1.807) is 16.7 Å². The third-order valence-corrected chi connectivity index (χ3v) is 7.95. The van der Waals surface area contributed by atoms with Gasteiger partial charge in [-0.25, -0.2) is 4.99 Å². The topological polar surface area (TPSA) is 35.9 Å². The Morgan fingerprint density at radius 1 is 0.935 bits per heavy atom. The van der Waals surface area contributed by atoms with Crippen LogP contribution in [0, 0.1) is 6.92 Å². The highest BCUT2D eigenvalue weighted by atomic mass is 79.9. The number of halogens is 1. The summed E-state index contributed by atoms with van der Waals surface area (Å²) in [7, 11) is 2.01. The van der Waals surface area contributed by atoms with E-state index in [1.165, 1.54) is 11.8 Å². The summed E-state index contributed by atoms with van der Waals surface area (Å²) in [6, 6.07) is 24.0. The van der Waals surface area contributed by atoms with Crippen LogP contribution < -0.4 is 9.80 Å². The number of rotatable bonds is 2. The summed E-state index contributed by atoms with van der Waals surface area (Å²) in [5, 5.41) is 1.60. The van der Waals surface area contributed by atoms with Crippen molar-refractivity contribution in [1.29, 1.82) is 0 Å². The highest BCUT2D eigenvalue weighted by Gasteiger charge is 2.40. The molecule has 2 aliphatic heterocycles. The number of hydrogen-bond acceptors (Lipinski definition) is 5. The maximum Gasteiger partial charge on any atom is 0.274 e. The second-order valence-corrected chi connectivity index (χ2v) is 10.1. The molecule has 0 spiro atoms. The number of aliphatic imine (C=N–C) groups is 1. The molecule has 0 unspecified atom stereocenters. The normalized spacial score (nSPS) is 19.5. The number of fused-ring (bicyclic) bond motifs is 1. The fourth-order valence-corrected chi connectivity index (χ4v) is 6.11. The number of aryl methyl sites for hydroxylation is 1. The summed E-state index contributed by atoms with van der Waals surface area (Å²) in [5.74, 6) is -0.0476. The first-order valence-electron chi connectivity index (χ1n) is 9.69. The van der Waals surface area contributed by atoms with E-state index in [-0.39, 0.29) is 5.91 Å². The van der Waals surface area contributed by atoms with Gasteiger partial charge in [-0.05, 0) is 72.8 Å². The van der Waals surface area contributed by atoms with Crippen molar-refractivity contribution in [3.8, 4) is 0 Å². The quantitative estimate of drug-likeness (QED) is 0.352. The molecule has 31 heavy (non-hydrogen) atoms. The predicted molar refractivity (Wildman–Crippen MR) is 135 cm³/mol. The Kier molecular flexibility index (Phi) is 5.42. The van der Waals surface area contributed by atoms with Gasteiger partial charge in [0.15, 0.2) is 5.17 Å². The van der Waals surface area contributed by atoms with Crippen LogP contribution in [-0.4, -0.2) is 18.1 Å². The van der Waals surface area contributed by atoms with Crippen molar-refractivity contribution in [3.63, 3.8) is 0 Å². The molecule has 154 valence electrons. The largest absolute Gasteiger partial charge is 0.337 e. The van der Waals surface area contributed by atoms with Gasteiger partial charge in [-0.2, -0.15) is 0 Å². The van der Waals surface area contributed by atoms with Gasteiger partial charge in [-0.15, -0.1) is 0 Å². The second-order valence-electron chi connectivity index (χ2n) is 7.22. The molecule has 0 bridgehead atoms. The van der Waals surface area contributed by atoms with Crippen LogP contribution in [0.15, 0.2) is 97.1 Å². The van der Waals surface area contributed by atoms with Gasteiger partial charge >= 0.3 is 0 Å². The van der Waals surface area contributed by atoms with Crippen molar-refractivity contribution in [2.45, 2.75) is 11.8 Å². The molecule has 1 amide bonds. The molecule has 2 heterocycles. The van der Waals surface area contributed by atoms with Crippen LogP contribution in [-0.2, 0) is 4.79 Å². The molecule has 0 atom stereocenters. The number of thioether (sulfide) groups is 2. The number of carbonyl (C=O) groups excluding carboxylic acids is 1. The SMILES string of the molecule is Cc1cccc(N2C(=O)C(=C3Sc4ccccc4N3C)SC2=Nc2ccc(Br)cc2)c1. The second kappa shape index (κ2) is 8.22. The zero-order valence-electron chi connectivity index (χ0n) is 16.9. The monoisotopic (exact) mass is 507 g/mol. The standard InChI is InChI=1S/C24H18BrN3OS2/c1-15-6-5-7-18(14-15)28-22(29)21(23-27(2)19-8-3-4-9-20(19)30-23)31-24(28)26-17-12-10-16(25)11-13-17/h3-14H,1-2H3. The first-order valence-corrected chi connectivity index (χ1v) is 12.1. The maximum atomic E-state index is 13.7. The molecule has 3 aromatic carbocycles. The summed E-state index contributed by atoms with van der Waals surface area (Å²) >= 11 is 6.53. The van der Waals surface area contributed by atoms with E-state index in [9.17, 15) is 4.79 Å².